The lowest BCUT2D eigenvalue weighted by Crippen LogP contribution is -2.35. The van der Waals surface area contributed by atoms with Gasteiger partial charge in [-0.1, -0.05) is 24.3 Å². The van der Waals surface area contributed by atoms with Crippen molar-refractivity contribution in [3.63, 3.8) is 0 Å². The van der Waals surface area contributed by atoms with Crippen molar-refractivity contribution in [3.8, 4) is 6.07 Å². The van der Waals surface area contributed by atoms with Gasteiger partial charge in [-0.2, -0.15) is 5.26 Å². The van der Waals surface area contributed by atoms with Crippen LogP contribution in [0.25, 0.3) is 0 Å². The first-order valence-electron chi connectivity index (χ1n) is 8.91. The van der Waals surface area contributed by atoms with E-state index < -0.39 is 15.6 Å². The summed E-state index contributed by atoms with van der Waals surface area (Å²) < 4.78 is 23.4. The van der Waals surface area contributed by atoms with Crippen LogP contribution in [-0.4, -0.2) is 44.5 Å². The van der Waals surface area contributed by atoms with Gasteiger partial charge in [0.1, 0.15) is 5.75 Å². The molecular weight excluding hydrogens is 390 g/mol. The van der Waals surface area contributed by atoms with Crippen LogP contribution in [0.4, 0.5) is 5.69 Å². The van der Waals surface area contributed by atoms with E-state index in [9.17, 15) is 18.0 Å². The molecule has 0 radical (unpaired) electrons. The lowest BCUT2D eigenvalue weighted by atomic mass is 10.1. The number of carbonyl (C=O) groups is 2. The molecule has 0 aliphatic rings. The third kappa shape index (κ3) is 6.16. The Morgan fingerprint density at radius 2 is 1.76 bits per heavy atom. The summed E-state index contributed by atoms with van der Waals surface area (Å²) >= 11 is 0. The van der Waals surface area contributed by atoms with Crippen molar-refractivity contribution < 1.29 is 18.0 Å². The first-order chi connectivity index (χ1) is 13.6. The molecule has 2 amide bonds. The molecule has 0 saturated carbocycles. The number of nitrogens with one attached hydrogen (secondary N) is 1. The number of amides is 2. The van der Waals surface area contributed by atoms with Gasteiger partial charge in [0.25, 0.3) is 5.91 Å². The van der Waals surface area contributed by atoms with Crippen molar-refractivity contribution in [1.29, 1.82) is 5.26 Å². The van der Waals surface area contributed by atoms with E-state index >= 15 is 0 Å². The van der Waals surface area contributed by atoms with Crippen molar-refractivity contribution in [2.45, 2.75) is 19.6 Å². The van der Waals surface area contributed by atoms with Crippen molar-refractivity contribution >= 4 is 27.3 Å². The molecule has 2 aromatic rings. The maximum absolute atomic E-state index is 12.5. The highest BCUT2D eigenvalue weighted by atomic mass is 32.2. The fourth-order valence-corrected chi connectivity index (χ4v) is 3.73. The van der Waals surface area contributed by atoms with Gasteiger partial charge >= 0.3 is 0 Å². The molecule has 0 heterocycles. The largest absolute Gasteiger partial charge is 0.332 e. The van der Waals surface area contributed by atoms with E-state index in [-0.39, 0.29) is 24.1 Å². The van der Waals surface area contributed by atoms with Crippen molar-refractivity contribution in [1.82, 2.24) is 4.90 Å². The van der Waals surface area contributed by atoms with E-state index in [1.807, 2.05) is 26.0 Å². The molecule has 0 atom stereocenters. The summed E-state index contributed by atoms with van der Waals surface area (Å²) in [7, 11) is -1.97. The van der Waals surface area contributed by atoms with Gasteiger partial charge in [-0.25, -0.2) is 8.42 Å². The Labute approximate surface area is 170 Å². The van der Waals surface area contributed by atoms with Crippen LogP contribution in [0.3, 0.4) is 0 Å². The van der Waals surface area contributed by atoms with Crippen molar-refractivity contribution in [2.75, 3.05) is 24.7 Å². The number of carbonyl (C=O) groups excluding carboxylic acids is 2. The zero-order chi connectivity index (χ0) is 21.6. The van der Waals surface area contributed by atoms with Gasteiger partial charge in [0.15, 0.2) is 9.84 Å². The molecule has 7 nitrogen and oxygen atoms in total. The van der Waals surface area contributed by atoms with E-state index in [1.165, 1.54) is 36.2 Å². The lowest BCUT2D eigenvalue weighted by Gasteiger charge is -2.18. The molecule has 2 aromatic carbocycles. The smallest absolute Gasteiger partial charge is 0.254 e. The monoisotopic (exact) mass is 413 g/mol. The van der Waals surface area contributed by atoms with Gasteiger partial charge in [-0.05, 0) is 48.7 Å². The number of nitrogens with zero attached hydrogens (tertiary/aromatic N) is 2. The standard InChI is InChI=1S/C21H23N3O4S/c1-15-5-4-6-19(16(15)2)23-20(25)13-24(3)21(26)18-9-7-17(8-10-18)14-29(27,28)12-11-22/h4-10H,12-14H2,1-3H3,(H,23,25). The van der Waals surface area contributed by atoms with Gasteiger partial charge in [0.05, 0.1) is 18.4 Å². The van der Waals surface area contributed by atoms with Gasteiger partial charge in [0, 0.05) is 18.3 Å². The van der Waals surface area contributed by atoms with Gasteiger partial charge in [-0.15, -0.1) is 0 Å². The summed E-state index contributed by atoms with van der Waals surface area (Å²) in [4.78, 5) is 26.1. The van der Waals surface area contributed by atoms with E-state index in [4.69, 9.17) is 5.26 Å². The third-order valence-corrected chi connectivity index (χ3v) is 5.82. The lowest BCUT2D eigenvalue weighted by molar-refractivity contribution is -0.116. The van der Waals surface area contributed by atoms with Crippen LogP contribution in [0.15, 0.2) is 42.5 Å². The number of rotatable bonds is 7. The molecular formula is C21H23N3O4S. The second kappa shape index (κ2) is 9.34. The Kier molecular flexibility index (Phi) is 7.13. The average molecular weight is 413 g/mol. The van der Waals surface area contributed by atoms with Crippen molar-refractivity contribution in [2.24, 2.45) is 0 Å². The fraction of sp³-hybridized carbons (Fsp3) is 0.286. The Morgan fingerprint density at radius 1 is 1.10 bits per heavy atom. The summed E-state index contributed by atoms with van der Waals surface area (Å²) in [5.41, 5.74) is 3.57. The van der Waals surface area contributed by atoms with E-state index in [0.717, 1.165) is 11.1 Å². The maximum Gasteiger partial charge on any atom is 0.254 e. The number of benzene rings is 2. The number of anilines is 1. The first kappa shape index (κ1) is 22.1. The first-order valence-corrected chi connectivity index (χ1v) is 10.7. The summed E-state index contributed by atoms with van der Waals surface area (Å²) in [6, 6.07) is 13.3. The van der Waals surface area contributed by atoms with Crippen molar-refractivity contribution in [3.05, 3.63) is 64.7 Å². The average Bonchev–Trinajstić information content (AvgIpc) is 2.65. The van der Waals surface area contributed by atoms with E-state index in [2.05, 4.69) is 5.32 Å². The fourth-order valence-electron chi connectivity index (χ4n) is 2.73. The predicted octanol–water partition coefficient (Wildman–Crippen LogP) is 2.45. The molecule has 0 saturated heterocycles. The van der Waals surface area contributed by atoms with Crippen LogP contribution in [0.1, 0.15) is 27.0 Å². The molecule has 0 unspecified atom stereocenters. The van der Waals surface area contributed by atoms with Crippen LogP contribution in [-0.2, 0) is 20.4 Å². The summed E-state index contributed by atoms with van der Waals surface area (Å²) in [6.45, 7) is 3.75. The number of nitriles is 1. The number of hydrogen-bond donors (Lipinski definition) is 1. The minimum absolute atomic E-state index is 0.121. The molecule has 152 valence electrons. The highest BCUT2D eigenvalue weighted by molar-refractivity contribution is 7.90. The highest BCUT2D eigenvalue weighted by Gasteiger charge is 2.17. The summed E-state index contributed by atoms with van der Waals surface area (Å²) in [5.74, 6) is -1.48. The molecule has 0 spiro atoms. The number of likely N-dealkylation sites (N-methyl/N-ethyl adjacent to an activating group) is 1. The molecule has 0 aliphatic carbocycles. The van der Waals surface area contributed by atoms with Gasteiger partial charge in [-0.3, -0.25) is 9.59 Å². The topological polar surface area (TPSA) is 107 Å². The molecule has 1 N–H and O–H groups in total. The summed E-state index contributed by atoms with van der Waals surface area (Å²) in [6.07, 6.45) is 0. The quantitative estimate of drug-likeness (QED) is 0.750. The molecule has 0 bridgehead atoms. The predicted molar refractivity (Wildman–Crippen MR) is 111 cm³/mol. The highest BCUT2D eigenvalue weighted by Crippen LogP contribution is 2.18. The zero-order valence-corrected chi connectivity index (χ0v) is 17.4. The van der Waals surface area contributed by atoms with Gasteiger partial charge in [0.2, 0.25) is 5.91 Å². The van der Waals surface area contributed by atoms with Crippen LogP contribution in [0.5, 0.6) is 0 Å². The minimum Gasteiger partial charge on any atom is -0.332 e. The summed E-state index contributed by atoms with van der Waals surface area (Å²) in [5, 5.41) is 11.3. The maximum atomic E-state index is 12.5. The molecule has 8 heteroatoms. The van der Waals surface area contributed by atoms with Crippen LogP contribution in [0, 0.1) is 25.2 Å². The number of aryl methyl sites for hydroxylation is 1. The number of sulfone groups is 1. The number of hydrogen-bond acceptors (Lipinski definition) is 5. The third-order valence-electron chi connectivity index (χ3n) is 4.48. The molecule has 29 heavy (non-hydrogen) atoms. The second-order valence-corrected chi connectivity index (χ2v) is 8.91. The Morgan fingerprint density at radius 3 is 2.38 bits per heavy atom. The normalized spacial score (nSPS) is 10.8. The van der Waals surface area contributed by atoms with Crippen LogP contribution in [0.2, 0.25) is 0 Å². The Bertz CT molecular complexity index is 1050. The van der Waals surface area contributed by atoms with E-state index in [1.54, 1.807) is 12.1 Å². The van der Waals surface area contributed by atoms with Gasteiger partial charge < -0.3 is 10.2 Å². The molecule has 0 aliphatic heterocycles. The molecule has 0 fully saturated rings. The van der Waals surface area contributed by atoms with Crippen LogP contribution < -0.4 is 5.32 Å². The van der Waals surface area contributed by atoms with Crippen LogP contribution >= 0.6 is 0 Å². The Balaban J connectivity index is 2.00. The Hall–Kier alpha value is -3.18. The molecule has 2 rings (SSSR count). The second-order valence-electron chi connectivity index (χ2n) is 6.84. The minimum atomic E-state index is -3.50. The SMILES string of the molecule is Cc1cccc(NC(=O)CN(C)C(=O)c2ccc(CS(=O)(=O)CC#N)cc2)c1C. The zero-order valence-electron chi connectivity index (χ0n) is 16.6. The molecule has 0 aromatic heterocycles. The van der Waals surface area contributed by atoms with E-state index in [0.29, 0.717) is 16.8 Å².